The van der Waals surface area contributed by atoms with Gasteiger partial charge in [-0.1, -0.05) is 18.6 Å². The van der Waals surface area contributed by atoms with Crippen molar-refractivity contribution in [1.29, 1.82) is 0 Å². The molecule has 0 radical (unpaired) electrons. The number of benzene rings is 1. The molecular formula is C18H25NO2. The molecule has 1 aromatic rings. The largest absolute Gasteiger partial charge is 0.497 e. The molecule has 0 heterocycles. The number of carbonyl (C=O) groups excluding carboxylic acids is 1. The van der Waals surface area contributed by atoms with Crippen LogP contribution in [0.1, 0.15) is 38.2 Å². The summed E-state index contributed by atoms with van der Waals surface area (Å²) in [5.74, 6) is 3.45. The fraction of sp³-hybridized carbons (Fsp3) is 0.611. The summed E-state index contributed by atoms with van der Waals surface area (Å²) >= 11 is 0. The van der Waals surface area contributed by atoms with Crippen LogP contribution in [0.2, 0.25) is 0 Å². The lowest BCUT2D eigenvalue weighted by Crippen LogP contribution is -2.40. The van der Waals surface area contributed by atoms with Crippen molar-refractivity contribution < 1.29 is 9.53 Å². The number of hydrogen-bond donors (Lipinski definition) is 1. The Morgan fingerprint density at radius 3 is 2.62 bits per heavy atom. The third kappa shape index (κ3) is 3.22. The highest BCUT2D eigenvalue weighted by molar-refractivity contribution is 5.78. The predicted octanol–water partition coefficient (Wildman–Crippen LogP) is 3.18. The summed E-state index contributed by atoms with van der Waals surface area (Å²) in [6.45, 7) is 2.18. The zero-order chi connectivity index (χ0) is 14.8. The number of fused-ring (bicyclic) bond motifs is 2. The molecule has 3 heteroatoms. The lowest BCUT2D eigenvalue weighted by molar-refractivity contribution is -0.121. The zero-order valence-electron chi connectivity index (χ0n) is 13.0. The molecule has 2 bridgehead atoms. The van der Waals surface area contributed by atoms with E-state index in [0.717, 1.165) is 23.1 Å². The second kappa shape index (κ2) is 6.08. The van der Waals surface area contributed by atoms with E-state index in [1.165, 1.54) is 25.7 Å². The Kier molecular flexibility index (Phi) is 4.18. The van der Waals surface area contributed by atoms with Crippen LogP contribution in [0.25, 0.3) is 0 Å². The highest BCUT2D eigenvalue weighted by Gasteiger charge is 2.42. The molecule has 0 unspecified atom stereocenters. The molecule has 0 saturated heterocycles. The normalized spacial score (nSPS) is 28.4. The standard InChI is InChI=1S/C18H25NO2/c1-12(17-10-14-3-6-15(17)9-14)19-18(20)11-13-4-7-16(21-2)8-5-13/h4-5,7-8,12,14-15,17H,3,6,9-11H2,1-2H3,(H,19,20)/t12-,14-,15-,17+/m0/s1. The van der Waals surface area contributed by atoms with Crippen molar-refractivity contribution in [2.75, 3.05) is 7.11 Å². The highest BCUT2D eigenvalue weighted by atomic mass is 16.5. The van der Waals surface area contributed by atoms with E-state index in [1.807, 2.05) is 24.3 Å². The molecule has 3 rings (SSSR count). The van der Waals surface area contributed by atoms with Crippen LogP contribution in [0.3, 0.4) is 0 Å². The summed E-state index contributed by atoms with van der Waals surface area (Å²) in [6.07, 6.45) is 5.94. The van der Waals surface area contributed by atoms with E-state index in [-0.39, 0.29) is 5.91 Å². The van der Waals surface area contributed by atoms with Crippen LogP contribution in [-0.4, -0.2) is 19.1 Å². The number of ether oxygens (including phenoxy) is 1. The maximum atomic E-state index is 12.2. The molecule has 0 spiro atoms. The molecule has 2 aliphatic carbocycles. The average Bonchev–Trinajstić information content (AvgIpc) is 3.10. The molecule has 2 aliphatic rings. The van der Waals surface area contributed by atoms with E-state index < -0.39 is 0 Å². The summed E-state index contributed by atoms with van der Waals surface area (Å²) in [5, 5.41) is 3.21. The van der Waals surface area contributed by atoms with Crippen LogP contribution in [0.15, 0.2) is 24.3 Å². The van der Waals surface area contributed by atoms with Crippen LogP contribution >= 0.6 is 0 Å². The number of hydrogen-bond acceptors (Lipinski definition) is 2. The third-order valence-electron chi connectivity index (χ3n) is 5.35. The first-order valence-electron chi connectivity index (χ1n) is 8.08. The maximum absolute atomic E-state index is 12.2. The van der Waals surface area contributed by atoms with Gasteiger partial charge in [-0.05, 0) is 61.6 Å². The quantitative estimate of drug-likeness (QED) is 0.903. The predicted molar refractivity (Wildman–Crippen MR) is 83.2 cm³/mol. The van der Waals surface area contributed by atoms with Gasteiger partial charge in [0.2, 0.25) is 5.91 Å². The topological polar surface area (TPSA) is 38.3 Å². The van der Waals surface area contributed by atoms with E-state index in [1.54, 1.807) is 7.11 Å². The Bertz CT molecular complexity index is 496. The van der Waals surface area contributed by atoms with Gasteiger partial charge in [0.25, 0.3) is 0 Å². The minimum Gasteiger partial charge on any atom is -0.497 e. The molecule has 1 N–H and O–H groups in total. The van der Waals surface area contributed by atoms with Gasteiger partial charge in [0.15, 0.2) is 0 Å². The molecular weight excluding hydrogens is 262 g/mol. The van der Waals surface area contributed by atoms with Gasteiger partial charge in [0.1, 0.15) is 5.75 Å². The number of nitrogens with one attached hydrogen (secondary N) is 1. The van der Waals surface area contributed by atoms with Crippen LogP contribution in [0.4, 0.5) is 0 Å². The Hall–Kier alpha value is -1.51. The number of methoxy groups -OCH3 is 1. The minimum atomic E-state index is 0.135. The van der Waals surface area contributed by atoms with Gasteiger partial charge < -0.3 is 10.1 Å². The Morgan fingerprint density at radius 1 is 1.29 bits per heavy atom. The summed E-state index contributed by atoms with van der Waals surface area (Å²) in [5.41, 5.74) is 1.04. The Morgan fingerprint density at radius 2 is 2.05 bits per heavy atom. The lowest BCUT2D eigenvalue weighted by Gasteiger charge is -2.28. The summed E-state index contributed by atoms with van der Waals surface area (Å²) in [4.78, 5) is 12.2. The van der Waals surface area contributed by atoms with Crippen molar-refractivity contribution in [3.05, 3.63) is 29.8 Å². The van der Waals surface area contributed by atoms with Crippen molar-refractivity contribution >= 4 is 5.91 Å². The lowest BCUT2D eigenvalue weighted by atomic mass is 9.84. The van der Waals surface area contributed by atoms with Gasteiger partial charge in [-0.15, -0.1) is 0 Å². The minimum absolute atomic E-state index is 0.135. The number of carbonyl (C=O) groups is 1. The first kappa shape index (κ1) is 14.4. The summed E-state index contributed by atoms with van der Waals surface area (Å²) in [6, 6.07) is 8.04. The van der Waals surface area contributed by atoms with Crippen molar-refractivity contribution in [1.82, 2.24) is 5.32 Å². The average molecular weight is 287 g/mol. The van der Waals surface area contributed by atoms with Gasteiger partial charge in [0.05, 0.1) is 13.5 Å². The molecule has 2 fully saturated rings. The highest BCUT2D eigenvalue weighted by Crippen LogP contribution is 2.49. The van der Waals surface area contributed by atoms with Crippen LogP contribution < -0.4 is 10.1 Å². The van der Waals surface area contributed by atoms with E-state index in [0.29, 0.717) is 18.4 Å². The Balaban J connectivity index is 1.51. The second-order valence-electron chi connectivity index (χ2n) is 6.72. The maximum Gasteiger partial charge on any atom is 0.224 e. The molecule has 2 saturated carbocycles. The van der Waals surface area contributed by atoms with E-state index in [4.69, 9.17) is 4.74 Å². The second-order valence-corrected chi connectivity index (χ2v) is 6.72. The molecule has 3 nitrogen and oxygen atoms in total. The van der Waals surface area contributed by atoms with E-state index in [9.17, 15) is 4.79 Å². The molecule has 114 valence electrons. The summed E-state index contributed by atoms with van der Waals surface area (Å²) in [7, 11) is 1.65. The van der Waals surface area contributed by atoms with Crippen molar-refractivity contribution in [2.24, 2.45) is 17.8 Å². The van der Waals surface area contributed by atoms with E-state index >= 15 is 0 Å². The first-order valence-corrected chi connectivity index (χ1v) is 8.08. The molecule has 1 aromatic carbocycles. The van der Waals surface area contributed by atoms with Crippen molar-refractivity contribution in [2.45, 2.75) is 45.1 Å². The zero-order valence-corrected chi connectivity index (χ0v) is 13.0. The van der Waals surface area contributed by atoms with Gasteiger partial charge in [-0.2, -0.15) is 0 Å². The van der Waals surface area contributed by atoms with Crippen LogP contribution in [0.5, 0.6) is 5.75 Å². The van der Waals surface area contributed by atoms with Crippen molar-refractivity contribution in [3.8, 4) is 5.75 Å². The van der Waals surface area contributed by atoms with Gasteiger partial charge in [0, 0.05) is 6.04 Å². The smallest absolute Gasteiger partial charge is 0.224 e. The van der Waals surface area contributed by atoms with Gasteiger partial charge in [-0.25, -0.2) is 0 Å². The molecule has 21 heavy (non-hydrogen) atoms. The molecule has 0 aromatic heterocycles. The monoisotopic (exact) mass is 287 g/mol. The first-order chi connectivity index (χ1) is 10.2. The van der Waals surface area contributed by atoms with Crippen molar-refractivity contribution in [3.63, 3.8) is 0 Å². The van der Waals surface area contributed by atoms with Gasteiger partial charge in [-0.3, -0.25) is 4.79 Å². The molecule has 4 atom stereocenters. The SMILES string of the molecule is COc1ccc(CC(=O)N[C@@H](C)[C@H]2C[C@H]3CC[C@H]2C3)cc1. The Labute approximate surface area is 127 Å². The fourth-order valence-corrected chi connectivity index (χ4v) is 4.25. The van der Waals surface area contributed by atoms with Crippen LogP contribution in [0, 0.1) is 17.8 Å². The van der Waals surface area contributed by atoms with E-state index in [2.05, 4.69) is 12.2 Å². The molecule has 1 amide bonds. The number of amides is 1. The summed E-state index contributed by atoms with van der Waals surface area (Å²) < 4.78 is 5.13. The van der Waals surface area contributed by atoms with Crippen LogP contribution in [-0.2, 0) is 11.2 Å². The fourth-order valence-electron chi connectivity index (χ4n) is 4.25. The molecule has 0 aliphatic heterocycles. The number of rotatable bonds is 5. The third-order valence-corrected chi connectivity index (χ3v) is 5.35. The van der Waals surface area contributed by atoms with Gasteiger partial charge >= 0.3 is 0 Å².